The van der Waals surface area contributed by atoms with Crippen molar-refractivity contribution in [2.45, 2.75) is 45.6 Å². The maximum atomic E-state index is 12.5. The van der Waals surface area contributed by atoms with E-state index in [2.05, 4.69) is 19.2 Å². The van der Waals surface area contributed by atoms with E-state index in [1.807, 2.05) is 0 Å². The number of piperidine rings is 1. The van der Waals surface area contributed by atoms with Crippen molar-refractivity contribution in [2.24, 2.45) is 11.8 Å². The van der Waals surface area contributed by atoms with Gasteiger partial charge in [-0.25, -0.2) is 8.42 Å². The minimum atomic E-state index is -3.05. The molecule has 4 nitrogen and oxygen atoms in total. The largest absolute Gasteiger partial charge is 0.317 e. The minimum absolute atomic E-state index is 0.233. The van der Waals surface area contributed by atoms with E-state index in [1.54, 1.807) is 4.31 Å². The van der Waals surface area contributed by atoms with Crippen LogP contribution >= 0.6 is 0 Å². The van der Waals surface area contributed by atoms with E-state index in [-0.39, 0.29) is 6.04 Å². The fraction of sp³-hybridized carbons (Fsp3) is 1.00. The summed E-state index contributed by atoms with van der Waals surface area (Å²) in [5.41, 5.74) is 0. The second-order valence-electron chi connectivity index (χ2n) is 6.04. The Morgan fingerprint density at radius 3 is 2.50 bits per heavy atom. The quantitative estimate of drug-likeness (QED) is 0.844. The molecule has 0 saturated carbocycles. The third kappa shape index (κ3) is 3.25. The van der Waals surface area contributed by atoms with Crippen molar-refractivity contribution in [3.63, 3.8) is 0 Å². The zero-order valence-corrected chi connectivity index (χ0v) is 12.4. The Hall–Kier alpha value is -0.130. The van der Waals surface area contributed by atoms with E-state index in [4.69, 9.17) is 0 Å². The number of hydrogen-bond donors (Lipinski definition) is 1. The Labute approximate surface area is 111 Å². The molecule has 2 aliphatic rings. The van der Waals surface area contributed by atoms with E-state index in [9.17, 15) is 8.42 Å². The molecule has 106 valence electrons. The van der Waals surface area contributed by atoms with E-state index < -0.39 is 10.0 Å². The smallest absolute Gasteiger partial charge is 0.214 e. The SMILES string of the molecule is CC(C)C1CCCN1S(=O)(=O)CC1CCNCC1. The molecule has 0 aromatic rings. The molecule has 2 aliphatic heterocycles. The van der Waals surface area contributed by atoms with Crippen LogP contribution in [0.1, 0.15) is 39.5 Å². The monoisotopic (exact) mass is 274 g/mol. The zero-order chi connectivity index (χ0) is 13.2. The van der Waals surface area contributed by atoms with Gasteiger partial charge in [-0.1, -0.05) is 13.8 Å². The molecule has 5 heteroatoms. The molecule has 2 saturated heterocycles. The van der Waals surface area contributed by atoms with Gasteiger partial charge in [-0.2, -0.15) is 4.31 Å². The maximum absolute atomic E-state index is 12.5. The lowest BCUT2D eigenvalue weighted by Gasteiger charge is -2.30. The van der Waals surface area contributed by atoms with Gasteiger partial charge >= 0.3 is 0 Å². The van der Waals surface area contributed by atoms with Crippen molar-refractivity contribution in [1.29, 1.82) is 0 Å². The Kier molecular flexibility index (Phi) is 4.67. The molecule has 18 heavy (non-hydrogen) atoms. The molecule has 0 spiro atoms. The van der Waals surface area contributed by atoms with Crippen molar-refractivity contribution in [3.05, 3.63) is 0 Å². The highest BCUT2D eigenvalue weighted by atomic mass is 32.2. The summed E-state index contributed by atoms with van der Waals surface area (Å²) in [5.74, 6) is 1.14. The molecule has 2 rings (SSSR count). The topological polar surface area (TPSA) is 49.4 Å². The molecular weight excluding hydrogens is 248 g/mol. The van der Waals surface area contributed by atoms with Crippen molar-refractivity contribution < 1.29 is 8.42 Å². The van der Waals surface area contributed by atoms with Crippen LogP contribution in [0.2, 0.25) is 0 Å². The van der Waals surface area contributed by atoms with Crippen LogP contribution in [0.25, 0.3) is 0 Å². The molecule has 0 aliphatic carbocycles. The summed E-state index contributed by atoms with van der Waals surface area (Å²) in [6, 6.07) is 0.233. The summed E-state index contributed by atoms with van der Waals surface area (Å²) in [4.78, 5) is 0. The predicted molar refractivity (Wildman–Crippen MR) is 73.9 cm³/mol. The summed E-state index contributed by atoms with van der Waals surface area (Å²) < 4.78 is 26.8. The highest BCUT2D eigenvalue weighted by molar-refractivity contribution is 7.89. The lowest BCUT2D eigenvalue weighted by atomic mass is 10.0. The molecular formula is C13H26N2O2S. The van der Waals surface area contributed by atoms with Gasteiger partial charge in [0, 0.05) is 12.6 Å². The van der Waals surface area contributed by atoms with Gasteiger partial charge in [-0.05, 0) is 50.6 Å². The summed E-state index contributed by atoms with van der Waals surface area (Å²) >= 11 is 0. The van der Waals surface area contributed by atoms with Crippen molar-refractivity contribution in [2.75, 3.05) is 25.4 Å². The number of rotatable bonds is 4. The van der Waals surface area contributed by atoms with Crippen LogP contribution in [0.3, 0.4) is 0 Å². The van der Waals surface area contributed by atoms with Crippen LogP contribution in [0.4, 0.5) is 0 Å². The Balaban J connectivity index is 2.00. The first-order valence-electron chi connectivity index (χ1n) is 7.21. The highest BCUT2D eigenvalue weighted by Gasteiger charge is 2.36. The molecule has 0 bridgehead atoms. The maximum Gasteiger partial charge on any atom is 0.214 e. The summed E-state index contributed by atoms with van der Waals surface area (Å²) in [6.45, 7) is 6.92. The van der Waals surface area contributed by atoms with E-state index in [1.165, 1.54) is 0 Å². The second-order valence-corrected chi connectivity index (χ2v) is 8.00. The predicted octanol–water partition coefficient (Wildman–Crippen LogP) is 1.44. The number of nitrogens with one attached hydrogen (secondary N) is 1. The third-order valence-corrected chi connectivity index (χ3v) is 6.34. The van der Waals surface area contributed by atoms with Crippen LogP contribution in [-0.2, 0) is 10.0 Å². The van der Waals surface area contributed by atoms with Gasteiger partial charge in [-0.15, -0.1) is 0 Å². The van der Waals surface area contributed by atoms with Gasteiger partial charge in [0.15, 0.2) is 0 Å². The van der Waals surface area contributed by atoms with E-state index >= 15 is 0 Å². The fourth-order valence-electron chi connectivity index (χ4n) is 3.22. The van der Waals surface area contributed by atoms with Crippen molar-refractivity contribution >= 4 is 10.0 Å². The summed E-state index contributed by atoms with van der Waals surface area (Å²) in [6.07, 6.45) is 4.05. The van der Waals surface area contributed by atoms with Crippen LogP contribution in [0.5, 0.6) is 0 Å². The average molecular weight is 274 g/mol. The molecule has 0 amide bonds. The van der Waals surface area contributed by atoms with E-state index in [0.717, 1.165) is 45.3 Å². The molecule has 1 N–H and O–H groups in total. The lowest BCUT2D eigenvalue weighted by molar-refractivity contribution is 0.309. The highest BCUT2D eigenvalue weighted by Crippen LogP contribution is 2.28. The Bertz CT molecular complexity index is 361. The van der Waals surface area contributed by atoms with Gasteiger partial charge in [0.05, 0.1) is 5.75 Å². The zero-order valence-electron chi connectivity index (χ0n) is 11.6. The third-order valence-electron chi connectivity index (χ3n) is 4.28. The van der Waals surface area contributed by atoms with Crippen molar-refractivity contribution in [1.82, 2.24) is 9.62 Å². The van der Waals surface area contributed by atoms with Gasteiger partial charge in [-0.3, -0.25) is 0 Å². The fourth-order valence-corrected chi connectivity index (χ4v) is 5.51. The molecule has 0 aromatic carbocycles. The molecule has 1 atom stereocenters. The minimum Gasteiger partial charge on any atom is -0.317 e. The van der Waals surface area contributed by atoms with Crippen LogP contribution < -0.4 is 5.32 Å². The van der Waals surface area contributed by atoms with Gasteiger partial charge in [0.2, 0.25) is 10.0 Å². The first-order chi connectivity index (χ1) is 8.50. The standard InChI is InChI=1S/C13H26N2O2S/c1-11(2)13-4-3-9-15(13)18(16,17)10-12-5-7-14-8-6-12/h11-14H,3-10H2,1-2H3. The van der Waals surface area contributed by atoms with Crippen molar-refractivity contribution in [3.8, 4) is 0 Å². The van der Waals surface area contributed by atoms with Gasteiger partial charge in [0.1, 0.15) is 0 Å². The van der Waals surface area contributed by atoms with Crippen LogP contribution in [-0.4, -0.2) is 44.2 Å². The normalized spacial score (nSPS) is 28.1. The first-order valence-corrected chi connectivity index (χ1v) is 8.82. The first kappa shape index (κ1) is 14.3. The van der Waals surface area contributed by atoms with Crippen LogP contribution in [0.15, 0.2) is 0 Å². The lowest BCUT2D eigenvalue weighted by Crippen LogP contribution is -2.42. The number of nitrogens with zero attached hydrogens (tertiary/aromatic N) is 1. The Morgan fingerprint density at radius 1 is 1.22 bits per heavy atom. The van der Waals surface area contributed by atoms with E-state index in [0.29, 0.717) is 17.6 Å². The molecule has 2 fully saturated rings. The molecule has 0 aromatic heterocycles. The molecule has 1 unspecified atom stereocenters. The number of sulfonamides is 1. The number of hydrogen-bond acceptors (Lipinski definition) is 3. The molecule has 2 heterocycles. The summed E-state index contributed by atoms with van der Waals surface area (Å²) in [7, 11) is -3.05. The average Bonchev–Trinajstić information content (AvgIpc) is 2.79. The van der Waals surface area contributed by atoms with Crippen LogP contribution in [0, 0.1) is 11.8 Å². The van der Waals surface area contributed by atoms with Gasteiger partial charge < -0.3 is 5.32 Å². The Morgan fingerprint density at radius 2 is 1.89 bits per heavy atom. The molecule has 0 radical (unpaired) electrons. The summed E-state index contributed by atoms with van der Waals surface area (Å²) in [5, 5.41) is 3.29. The van der Waals surface area contributed by atoms with Gasteiger partial charge in [0.25, 0.3) is 0 Å². The second kappa shape index (κ2) is 5.88.